The van der Waals surface area contributed by atoms with Crippen LogP contribution in [0.1, 0.15) is 19.4 Å². The third-order valence-electron chi connectivity index (χ3n) is 1.33. The van der Waals surface area contributed by atoms with Gasteiger partial charge in [0, 0.05) is 18.1 Å². The van der Waals surface area contributed by atoms with E-state index < -0.39 is 0 Å². The molecule has 0 bridgehead atoms. The Hall–Kier alpha value is -1.18. The molecule has 0 saturated carbocycles. The third-order valence-corrected chi connectivity index (χ3v) is 1.33. The number of rotatable bonds is 1. The fourth-order valence-corrected chi connectivity index (χ4v) is 0.832. The molecule has 2 nitrogen and oxygen atoms in total. The third kappa shape index (κ3) is 2.15. The summed E-state index contributed by atoms with van der Waals surface area (Å²) in [6.07, 6.45) is 3.58. The topological polar surface area (TPSA) is 25.2 Å². The summed E-state index contributed by atoms with van der Waals surface area (Å²) in [5.41, 5.74) is 3.20. The van der Waals surface area contributed by atoms with Crippen LogP contribution in [0.2, 0.25) is 0 Å². The minimum Gasteiger partial charge on any atom is -0.264 e. The van der Waals surface area contributed by atoms with Gasteiger partial charge < -0.3 is 0 Å². The highest BCUT2D eigenvalue weighted by Gasteiger charge is 1.92. The van der Waals surface area contributed by atoms with Crippen molar-refractivity contribution in [2.45, 2.75) is 20.8 Å². The van der Waals surface area contributed by atoms with E-state index in [1.165, 1.54) is 0 Å². The van der Waals surface area contributed by atoms with Crippen molar-refractivity contribution in [2.24, 2.45) is 4.99 Å². The first-order valence-electron chi connectivity index (χ1n) is 3.62. The van der Waals surface area contributed by atoms with Crippen LogP contribution in [-0.4, -0.2) is 10.7 Å². The van der Waals surface area contributed by atoms with Crippen molar-refractivity contribution >= 4 is 11.4 Å². The van der Waals surface area contributed by atoms with Crippen molar-refractivity contribution in [3.05, 3.63) is 24.0 Å². The Kier molecular flexibility index (Phi) is 2.36. The molecule has 1 aromatic rings. The molecule has 1 aromatic heterocycles. The SMILES string of the molecule is CC(C)=Nc1ccncc1C. The van der Waals surface area contributed by atoms with Crippen LogP contribution < -0.4 is 0 Å². The predicted octanol–water partition coefficient (Wildman–Crippen LogP) is 2.50. The molecule has 0 amide bonds. The van der Waals surface area contributed by atoms with Crippen LogP contribution in [0.3, 0.4) is 0 Å². The highest BCUT2D eigenvalue weighted by Crippen LogP contribution is 2.15. The molecular weight excluding hydrogens is 136 g/mol. The van der Waals surface area contributed by atoms with Gasteiger partial charge in [0.05, 0.1) is 5.69 Å². The van der Waals surface area contributed by atoms with Crippen LogP contribution in [0.5, 0.6) is 0 Å². The van der Waals surface area contributed by atoms with Crippen LogP contribution in [0.4, 0.5) is 5.69 Å². The fraction of sp³-hybridized carbons (Fsp3) is 0.333. The maximum Gasteiger partial charge on any atom is 0.0688 e. The van der Waals surface area contributed by atoms with Crippen molar-refractivity contribution in [3.63, 3.8) is 0 Å². The van der Waals surface area contributed by atoms with Gasteiger partial charge in [0.25, 0.3) is 0 Å². The molecular formula is C9H12N2. The van der Waals surface area contributed by atoms with Crippen LogP contribution in [0, 0.1) is 6.92 Å². The van der Waals surface area contributed by atoms with Crippen LogP contribution in [-0.2, 0) is 0 Å². The number of nitrogens with zero attached hydrogens (tertiary/aromatic N) is 2. The summed E-state index contributed by atoms with van der Waals surface area (Å²) in [7, 11) is 0. The second-order valence-electron chi connectivity index (χ2n) is 2.72. The second-order valence-corrected chi connectivity index (χ2v) is 2.72. The highest BCUT2D eigenvalue weighted by molar-refractivity contribution is 5.82. The quantitative estimate of drug-likeness (QED) is 0.562. The molecule has 0 aliphatic heterocycles. The van der Waals surface area contributed by atoms with Gasteiger partial charge in [0.1, 0.15) is 0 Å². The van der Waals surface area contributed by atoms with Gasteiger partial charge in [0.2, 0.25) is 0 Å². The lowest BCUT2D eigenvalue weighted by Crippen LogP contribution is -1.81. The zero-order chi connectivity index (χ0) is 8.27. The average Bonchev–Trinajstić information content (AvgIpc) is 1.93. The summed E-state index contributed by atoms with van der Waals surface area (Å²) < 4.78 is 0. The summed E-state index contributed by atoms with van der Waals surface area (Å²) in [6.45, 7) is 5.98. The van der Waals surface area contributed by atoms with Gasteiger partial charge >= 0.3 is 0 Å². The molecule has 0 spiro atoms. The number of aliphatic imine (C=N–C) groups is 1. The highest BCUT2D eigenvalue weighted by atomic mass is 14.8. The minimum atomic E-state index is 1.01. The summed E-state index contributed by atoms with van der Waals surface area (Å²) in [4.78, 5) is 8.32. The van der Waals surface area contributed by atoms with Crippen molar-refractivity contribution in [1.29, 1.82) is 0 Å². The Morgan fingerprint density at radius 2 is 2.18 bits per heavy atom. The van der Waals surface area contributed by atoms with Crippen molar-refractivity contribution in [3.8, 4) is 0 Å². The van der Waals surface area contributed by atoms with E-state index in [0.29, 0.717) is 0 Å². The number of hydrogen-bond acceptors (Lipinski definition) is 2. The molecule has 0 aliphatic rings. The normalized spacial score (nSPS) is 9.36. The van der Waals surface area contributed by atoms with E-state index in [9.17, 15) is 0 Å². The monoisotopic (exact) mass is 148 g/mol. The molecule has 0 fully saturated rings. The molecule has 0 saturated heterocycles. The zero-order valence-electron chi connectivity index (χ0n) is 7.13. The first-order chi connectivity index (χ1) is 5.20. The summed E-state index contributed by atoms with van der Waals surface area (Å²) in [5, 5.41) is 0. The van der Waals surface area contributed by atoms with Gasteiger partial charge in [-0.15, -0.1) is 0 Å². The van der Waals surface area contributed by atoms with Crippen molar-refractivity contribution in [1.82, 2.24) is 4.98 Å². The van der Waals surface area contributed by atoms with E-state index in [1.54, 1.807) is 6.20 Å². The van der Waals surface area contributed by atoms with Crippen LogP contribution >= 0.6 is 0 Å². The van der Waals surface area contributed by atoms with E-state index in [4.69, 9.17) is 0 Å². The molecule has 0 aliphatic carbocycles. The van der Waals surface area contributed by atoms with Crippen LogP contribution in [0.25, 0.3) is 0 Å². The molecule has 0 aromatic carbocycles. The summed E-state index contributed by atoms with van der Waals surface area (Å²) >= 11 is 0. The fourth-order valence-electron chi connectivity index (χ4n) is 0.832. The summed E-state index contributed by atoms with van der Waals surface area (Å²) in [5.74, 6) is 0. The maximum atomic E-state index is 4.34. The molecule has 11 heavy (non-hydrogen) atoms. The van der Waals surface area contributed by atoms with E-state index in [0.717, 1.165) is 17.0 Å². The van der Waals surface area contributed by atoms with Crippen LogP contribution in [0.15, 0.2) is 23.5 Å². The number of hydrogen-bond donors (Lipinski definition) is 0. The van der Waals surface area contributed by atoms with Gasteiger partial charge in [-0.05, 0) is 32.4 Å². The van der Waals surface area contributed by atoms with Gasteiger partial charge in [-0.2, -0.15) is 0 Å². The largest absolute Gasteiger partial charge is 0.264 e. The standard InChI is InChI=1S/C9H12N2/c1-7(2)11-9-4-5-10-6-8(9)3/h4-6H,1-3H3. The van der Waals surface area contributed by atoms with Crippen molar-refractivity contribution in [2.75, 3.05) is 0 Å². The Bertz CT molecular complexity index is 273. The summed E-state index contributed by atoms with van der Waals surface area (Å²) in [6, 6.07) is 1.92. The Morgan fingerprint density at radius 3 is 2.73 bits per heavy atom. The van der Waals surface area contributed by atoms with Gasteiger partial charge in [-0.1, -0.05) is 0 Å². The van der Waals surface area contributed by atoms with E-state index in [2.05, 4.69) is 9.98 Å². The first-order valence-corrected chi connectivity index (χ1v) is 3.62. The molecule has 0 radical (unpaired) electrons. The molecule has 0 unspecified atom stereocenters. The second kappa shape index (κ2) is 3.28. The number of aryl methyl sites for hydroxylation is 1. The molecule has 1 heterocycles. The molecule has 2 heteroatoms. The Labute approximate surface area is 67.0 Å². The lowest BCUT2D eigenvalue weighted by Gasteiger charge is -1.97. The van der Waals surface area contributed by atoms with E-state index >= 15 is 0 Å². The lowest BCUT2D eigenvalue weighted by molar-refractivity contribution is 1.25. The molecule has 1 rings (SSSR count). The minimum absolute atomic E-state index is 1.01. The number of aromatic nitrogens is 1. The van der Waals surface area contributed by atoms with Crippen molar-refractivity contribution < 1.29 is 0 Å². The Morgan fingerprint density at radius 1 is 1.45 bits per heavy atom. The average molecular weight is 148 g/mol. The van der Waals surface area contributed by atoms with Gasteiger partial charge in [-0.25, -0.2) is 0 Å². The smallest absolute Gasteiger partial charge is 0.0688 e. The maximum absolute atomic E-state index is 4.34. The Balaban J connectivity index is 3.04. The molecule has 0 N–H and O–H groups in total. The van der Waals surface area contributed by atoms with Gasteiger partial charge in [-0.3, -0.25) is 9.98 Å². The number of pyridine rings is 1. The van der Waals surface area contributed by atoms with Gasteiger partial charge in [0.15, 0.2) is 0 Å². The first kappa shape index (κ1) is 7.92. The van der Waals surface area contributed by atoms with E-state index in [1.807, 2.05) is 33.0 Å². The van der Waals surface area contributed by atoms with E-state index in [-0.39, 0.29) is 0 Å². The lowest BCUT2D eigenvalue weighted by atomic mass is 10.2. The zero-order valence-corrected chi connectivity index (χ0v) is 7.13. The predicted molar refractivity (Wildman–Crippen MR) is 47.4 cm³/mol. The molecule has 0 atom stereocenters. The molecule has 58 valence electrons.